The number of rotatable bonds is 0. The van der Waals surface area contributed by atoms with Gasteiger partial charge < -0.3 is 0 Å². The molecule has 0 fully saturated rings. The number of fused-ring (bicyclic) bond motifs is 1. The van der Waals surface area contributed by atoms with E-state index in [0.29, 0.717) is 0 Å². The molecule has 0 aliphatic carbocycles. The summed E-state index contributed by atoms with van der Waals surface area (Å²) in [5.41, 5.74) is 1.31. The summed E-state index contributed by atoms with van der Waals surface area (Å²) in [7, 11) is 0. The predicted molar refractivity (Wildman–Crippen MR) is 67.0 cm³/mol. The average Bonchev–Trinajstić information content (AvgIpc) is 2.30. The topological polar surface area (TPSA) is 0 Å². The summed E-state index contributed by atoms with van der Waals surface area (Å²) < 4.78 is 3.92. The van der Waals surface area contributed by atoms with Crippen LogP contribution in [0, 0.1) is 9.81 Å². The van der Waals surface area contributed by atoms with Crippen molar-refractivity contribution in [3.05, 3.63) is 31.1 Å². The van der Waals surface area contributed by atoms with Gasteiger partial charge in [-0.3, -0.25) is 0 Å². The number of thiophene rings is 1. The van der Waals surface area contributed by atoms with Crippen molar-refractivity contribution < 1.29 is 0 Å². The third-order valence-corrected chi connectivity index (χ3v) is 4.48. The molecule has 0 radical (unpaired) electrons. The van der Waals surface area contributed by atoms with Crippen molar-refractivity contribution in [3.8, 4) is 0 Å². The van der Waals surface area contributed by atoms with Crippen LogP contribution in [0.3, 0.4) is 0 Å². The third-order valence-electron chi connectivity index (χ3n) is 1.77. The molecule has 62 valence electrons. The highest BCUT2D eigenvalue weighted by Crippen LogP contribution is 2.31. The number of aryl methyl sites for hydroxylation is 1. The zero-order valence-electron chi connectivity index (χ0n) is 6.40. The first-order valence-corrected chi connectivity index (χ1v) is 6.21. The highest BCUT2D eigenvalue weighted by molar-refractivity contribution is 14.1. The molecule has 1 heterocycles. The Balaban J connectivity index is 2.83. The van der Waals surface area contributed by atoms with Crippen molar-refractivity contribution in [1.29, 1.82) is 0 Å². The molecule has 2 rings (SSSR count). The summed E-state index contributed by atoms with van der Waals surface area (Å²) in [5.74, 6) is 0. The molecular formula is C9H6BrIS. The molecule has 0 saturated heterocycles. The fourth-order valence-corrected chi connectivity index (χ4v) is 3.40. The minimum Gasteiger partial charge on any atom is -0.129 e. The maximum absolute atomic E-state index is 3.53. The Bertz CT molecular complexity index is 394. The lowest BCUT2D eigenvalue weighted by atomic mass is 10.2. The van der Waals surface area contributed by atoms with Crippen molar-refractivity contribution >= 4 is 59.9 Å². The van der Waals surface area contributed by atoms with Crippen molar-refractivity contribution in [1.82, 2.24) is 0 Å². The van der Waals surface area contributed by atoms with Gasteiger partial charge in [-0.25, -0.2) is 0 Å². The maximum Gasteiger partial charge on any atom is 0.0666 e. The second-order valence-electron chi connectivity index (χ2n) is 2.69. The molecule has 0 bridgehead atoms. The van der Waals surface area contributed by atoms with Crippen molar-refractivity contribution in [3.63, 3.8) is 0 Å². The number of halogens is 2. The first kappa shape index (κ1) is 8.97. The molecule has 2 aromatic rings. The molecule has 0 aliphatic heterocycles. The average molecular weight is 353 g/mol. The van der Waals surface area contributed by atoms with E-state index in [-0.39, 0.29) is 0 Å². The third kappa shape index (κ3) is 1.54. The lowest BCUT2D eigenvalue weighted by Crippen LogP contribution is -1.72. The Hall–Kier alpha value is 0.390. The van der Waals surface area contributed by atoms with Crippen LogP contribution in [0.4, 0.5) is 0 Å². The molecule has 0 atom stereocenters. The van der Waals surface area contributed by atoms with E-state index in [2.05, 4.69) is 63.6 Å². The summed E-state index contributed by atoms with van der Waals surface area (Å²) in [5, 5.41) is 1.34. The Morgan fingerprint density at radius 1 is 1.33 bits per heavy atom. The van der Waals surface area contributed by atoms with Crippen LogP contribution in [0.15, 0.2) is 22.7 Å². The molecule has 0 unspecified atom stereocenters. The zero-order valence-corrected chi connectivity index (χ0v) is 11.0. The lowest BCUT2D eigenvalue weighted by Gasteiger charge is -1.96. The van der Waals surface area contributed by atoms with E-state index in [1.165, 1.54) is 23.0 Å². The summed E-state index contributed by atoms with van der Waals surface area (Å²) >= 11 is 7.73. The van der Waals surface area contributed by atoms with Gasteiger partial charge in [-0.1, -0.05) is 15.9 Å². The van der Waals surface area contributed by atoms with Crippen LogP contribution in [0.2, 0.25) is 0 Å². The largest absolute Gasteiger partial charge is 0.129 e. The number of benzene rings is 1. The van der Waals surface area contributed by atoms with E-state index in [1.807, 2.05) is 11.3 Å². The van der Waals surface area contributed by atoms with Gasteiger partial charge in [-0.2, -0.15) is 0 Å². The van der Waals surface area contributed by atoms with E-state index < -0.39 is 0 Å². The number of hydrogen-bond donors (Lipinski definition) is 0. The van der Waals surface area contributed by atoms with Gasteiger partial charge >= 0.3 is 0 Å². The normalized spacial score (nSPS) is 10.9. The molecule has 0 spiro atoms. The maximum atomic E-state index is 3.53. The summed E-state index contributed by atoms with van der Waals surface area (Å²) in [6.45, 7) is 2.12. The Morgan fingerprint density at radius 2 is 2.08 bits per heavy atom. The molecule has 0 N–H and O–H groups in total. The molecule has 12 heavy (non-hydrogen) atoms. The SMILES string of the molecule is Cc1cc2sc(I)cc2cc1Br. The van der Waals surface area contributed by atoms with Crippen LogP contribution in [0.1, 0.15) is 5.56 Å². The zero-order chi connectivity index (χ0) is 8.72. The molecular weight excluding hydrogens is 347 g/mol. The predicted octanol–water partition coefficient (Wildman–Crippen LogP) is 4.58. The van der Waals surface area contributed by atoms with Gasteiger partial charge in [0.1, 0.15) is 0 Å². The van der Waals surface area contributed by atoms with Crippen molar-refractivity contribution in [2.75, 3.05) is 0 Å². The molecule has 1 aromatic carbocycles. The second kappa shape index (κ2) is 3.27. The summed E-state index contributed by atoms with van der Waals surface area (Å²) in [6, 6.07) is 6.63. The van der Waals surface area contributed by atoms with Crippen molar-refractivity contribution in [2.45, 2.75) is 6.92 Å². The second-order valence-corrected chi connectivity index (χ2v) is 6.52. The van der Waals surface area contributed by atoms with Gasteiger partial charge in [0.15, 0.2) is 0 Å². The minimum atomic E-state index is 1.20. The summed E-state index contributed by atoms with van der Waals surface area (Å²) in [4.78, 5) is 0. The van der Waals surface area contributed by atoms with Gasteiger partial charge in [0.25, 0.3) is 0 Å². The molecule has 0 aliphatic rings. The van der Waals surface area contributed by atoms with Crippen LogP contribution >= 0.6 is 49.9 Å². The van der Waals surface area contributed by atoms with Crippen LogP contribution in [-0.2, 0) is 0 Å². The van der Waals surface area contributed by atoms with Gasteiger partial charge in [-0.15, -0.1) is 11.3 Å². The highest BCUT2D eigenvalue weighted by atomic mass is 127. The van der Waals surface area contributed by atoms with Gasteiger partial charge in [0, 0.05) is 9.17 Å². The van der Waals surface area contributed by atoms with E-state index in [9.17, 15) is 0 Å². The van der Waals surface area contributed by atoms with Crippen LogP contribution < -0.4 is 0 Å². The van der Waals surface area contributed by atoms with E-state index >= 15 is 0 Å². The Kier molecular flexibility index (Phi) is 2.44. The molecule has 1 aromatic heterocycles. The smallest absolute Gasteiger partial charge is 0.0666 e. The van der Waals surface area contributed by atoms with E-state index in [0.717, 1.165) is 0 Å². The van der Waals surface area contributed by atoms with E-state index in [4.69, 9.17) is 0 Å². The molecule has 0 nitrogen and oxygen atoms in total. The Morgan fingerprint density at radius 3 is 2.83 bits per heavy atom. The van der Waals surface area contributed by atoms with Gasteiger partial charge in [0.05, 0.1) is 2.88 Å². The van der Waals surface area contributed by atoms with Crippen LogP contribution in [0.5, 0.6) is 0 Å². The fourth-order valence-electron chi connectivity index (χ4n) is 1.13. The highest BCUT2D eigenvalue weighted by Gasteiger charge is 2.01. The standard InChI is InChI=1S/C9H6BrIS/c1-5-2-8-6(3-7(5)10)4-9(11)12-8/h2-4H,1H3. The van der Waals surface area contributed by atoms with E-state index in [1.54, 1.807) is 0 Å². The van der Waals surface area contributed by atoms with Crippen LogP contribution in [0.25, 0.3) is 10.1 Å². The van der Waals surface area contributed by atoms with Gasteiger partial charge in [-0.05, 0) is 58.7 Å². The first-order chi connectivity index (χ1) is 5.66. The molecule has 3 heteroatoms. The lowest BCUT2D eigenvalue weighted by molar-refractivity contribution is 1.47. The number of hydrogen-bond acceptors (Lipinski definition) is 1. The first-order valence-electron chi connectivity index (χ1n) is 3.52. The van der Waals surface area contributed by atoms with Crippen molar-refractivity contribution in [2.24, 2.45) is 0 Å². The van der Waals surface area contributed by atoms with Crippen LogP contribution in [-0.4, -0.2) is 0 Å². The quantitative estimate of drug-likeness (QED) is 0.609. The van der Waals surface area contributed by atoms with Gasteiger partial charge in [0.2, 0.25) is 0 Å². The monoisotopic (exact) mass is 352 g/mol. The molecule has 0 amide bonds. The summed E-state index contributed by atoms with van der Waals surface area (Å²) in [6.07, 6.45) is 0. The fraction of sp³-hybridized carbons (Fsp3) is 0.111. The molecule has 0 saturated carbocycles. The Labute approximate surface area is 97.2 Å². The minimum absolute atomic E-state index is 1.20.